The summed E-state index contributed by atoms with van der Waals surface area (Å²) in [5.41, 5.74) is -0.155. The lowest BCUT2D eigenvalue weighted by atomic mass is 10.1. The molecule has 0 atom stereocenters. The minimum atomic E-state index is -1.23. The Labute approximate surface area is 222 Å². The first-order valence-corrected chi connectivity index (χ1v) is 12.0. The highest BCUT2D eigenvalue weighted by Gasteiger charge is 2.20. The predicted octanol–water partition coefficient (Wildman–Crippen LogP) is 2.79. The van der Waals surface area contributed by atoms with Crippen molar-refractivity contribution in [3.63, 3.8) is 0 Å². The van der Waals surface area contributed by atoms with Gasteiger partial charge in [0.2, 0.25) is 5.91 Å². The summed E-state index contributed by atoms with van der Waals surface area (Å²) in [4.78, 5) is 65.3. The predicted molar refractivity (Wildman–Crippen MR) is 140 cm³/mol. The molecule has 12 nitrogen and oxygen atoms in total. The number of halogens is 1. The number of pyridine rings is 1. The molecule has 196 valence electrons. The van der Waals surface area contributed by atoms with Gasteiger partial charge in [-0.15, -0.1) is 0 Å². The molecular weight excluding hydrogens is 514 g/mol. The number of carboxylic acids is 1. The lowest BCUT2D eigenvalue weighted by molar-refractivity contribution is -0.128. The Morgan fingerprint density at radius 3 is 2.37 bits per heavy atom. The second kappa shape index (κ2) is 11.6. The van der Waals surface area contributed by atoms with Gasteiger partial charge in [-0.05, 0) is 36.8 Å². The van der Waals surface area contributed by atoms with Gasteiger partial charge >= 0.3 is 5.97 Å². The van der Waals surface area contributed by atoms with Crippen LogP contribution < -0.4 is 15.5 Å². The summed E-state index contributed by atoms with van der Waals surface area (Å²) >= 11 is 5.83. The number of nitrogens with zero attached hydrogens (tertiary/aromatic N) is 5. The average molecular weight is 538 g/mol. The van der Waals surface area contributed by atoms with E-state index in [0.717, 1.165) is 6.42 Å². The van der Waals surface area contributed by atoms with Crippen LogP contribution in [0.15, 0.2) is 48.9 Å². The van der Waals surface area contributed by atoms with Gasteiger partial charge in [0, 0.05) is 39.3 Å². The van der Waals surface area contributed by atoms with Crippen LogP contribution in [0.4, 0.5) is 17.3 Å². The second-order valence-electron chi connectivity index (χ2n) is 8.44. The monoisotopic (exact) mass is 537 g/mol. The van der Waals surface area contributed by atoms with Gasteiger partial charge in [-0.2, -0.15) is 0 Å². The maximum absolute atomic E-state index is 12.9. The Kier molecular flexibility index (Phi) is 8.12. The molecule has 0 radical (unpaired) electrons. The average Bonchev–Trinajstić information content (AvgIpc) is 3.16. The van der Waals surface area contributed by atoms with Gasteiger partial charge in [0.1, 0.15) is 17.3 Å². The number of carboxylic acid groups (broad SMARTS) is 1. The molecular formula is C25H24ClN7O5. The van der Waals surface area contributed by atoms with Gasteiger partial charge in [-0.25, -0.2) is 19.7 Å². The molecule has 13 heteroatoms. The van der Waals surface area contributed by atoms with E-state index in [1.165, 1.54) is 42.9 Å². The van der Waals surface area contributed by atoms with E-state index in [4.69, 9.17) is 11.6 Å². The van der Waals surface area contributed by atoms with Crippen LogP contribution >= 0.6 is 11.6 Å². The molecule has 0 unspecified atom stereocenters. The van der Waals surface area contributed by atoms with E-state index in [2.05, 4.69) is 25.6 Å². The van der Waals surface area contributed by atoms with Crippen molar-refractivity contribution in [3.05, 3.63) is 70.8 Å². The second-order valence-corrected chi connectivity index (χ2v) is 8.88. The van der Waals surface area contributed by atoms with Crippen molar-refractivity contribution in [1.82, 2.24) is 19.9 Å². The first kappa shape index (κ1) is 26.5. The Morgan fingerprint density at radius 2 is 1.71 bits per heavy atom. The lowest BCUT2D eigenvalue weighted by Crippen LogP contribution is -2.34. The Morgan fingerprint density at radius 1 is 0.895 bits per heavy atom. The Balaban J connectivity index is 1.50. The molecule has 0 bridgehead atoms. The smallest absolute Gasteiger partial charge is 0.335 e. The molecule has 1 aromatic carbocycles. The zero-order chi connectivity index (χ0) is 27.2. The summed E-state index contributed by atoms with van der Waals surface area (Å²) in [7, 11) is 0. The summed E-state index contributed by atoms with van der Waals surface area (Å²) in [6.07, 6.45) is 4.91. The minimum Gasteiger partial charge on any atom is -0.478 e. The van der Waals surface area contributed by atoms with Crippen molar-refractivity contribution < 1.29 is 24.3 Å². The first-order chi connectivity index (χ1) is 18.2. The van der Waals surface area contributed by atoms with Crippen molar-refractivity contribution in [2.45, 2.75) is 13.3 Å². The van der Waals surface area contributed by atoms with Crippen molar-refractivity contribution in [3.8, 4) is 0 Å². The number of aromatic nitrogens is 3. The zero-order valence-corrected chi connectivity index (χ0v) is 21.1. The summed E-state index contributed by atoms with van der Waals surface area (Å²) < 4.78 is 0. The highest BCUT2D eigenvalue weighted by molar-refractivity contribution is 6.30. The van der Waals surface area contributed by atoms with E-state index in [1.807, 2.05) is 4.90 Å². The molecule has 0 saturated carbocycles. The van der Waals surface area contributed by atoms with Gasteiger partial charge in [-0.3, -0.25) is 14.4 Å². The number of aromatic carboxylic acids is 1. The quantitative estimate of drug-likeness (QED) is 0.430. The molecule has 38 heavy (non-hydrogen) atoms. The van der Waals surface area contributed by atoms with Crippen molar-refractivity contribution in [1.29, 1.82) is 0 Å². The molecule has 3 heterocycles. The number of hydrogen-bond acceptors (Lipinski definition) is 8. The maximum atomic E-state index is 12.9. The number of amides is 3. The SMILES string of the molecule is CC(=O)N1CCCN(c2cnc(C(=O)Nc3cc(C(=O)O)ccc3C(=O)Nc3ccc(Cl)cn3)cn2)CC1. The molecule has 0 spiro atoms. The third kappa shape index (κ3) is 6.40. The van der Waals surface area contributed by atoms with Crippen LogP contribution in [0.2, 0.25) is 5.02 Å². The third-order valence-corrected chi connectivity index (χ3v) is 6.09. The zero-order valence-electron chi connectivity index (χ0n) is 20.3. The molecule has 4 rings (SSSR count). The van der Waals surface area contributed by atoms with Crippen LogP contribution in [-0.2, 0) is 4.79 Å². The van der Waals surface area contributed by atoms with Gasteiger partial charge in [0.15, 0.2) is 0 Å². The topological polar surface area (TPSA) is 158 Å². The van der Waals surface area contributed by atoms with Gasteiger partial charge in [0.25, 0.3) is 11.8 Å². The summed E-state index contributed by atoms with van der Waals surface area (Å²) in [6, 6.07) is 6.79. The van der Waals surface area contributed by atoms with Gasteiger partial charge < -0.3 is 25.5 Å². The number of anilines is 3. The lowest BCUT2D eigenvalue weighted by Gasteiger charge is -2.22. The third-order valence-electron chi connectivity index (χ3n) is 5.86. The van der Waals surface area contributed by atoms with Crippen LogP contribution in [0, 0.1) is 0 Å². The first-order valence-electron chi connectivity index (χ1n) is 11.7. The number of benzene rings is 1. The highest BCUT2D eigenvalue weighted by Crippen LogP contribution is 2.21. The van der Waals surface area contributed by atoms with E-state index >= 15 is 0 Å². The van der Waals surface area contributed by atoms with E-state index < -0.39 is 17.8 Å². The normalized spacial score (nSPS) is 13.4. The molecule has 1 fully saturated rings. The molecule has 2 aromatic heterocycles. The molecule has 1 saturated heterocycles. The van der Waals surface area contributed by atoms with Gasteiger partial charge in [-0.1, -0.05) is 11.6 Å². The maximum Gasteiger partial charge on any atom is 0.335 e. The Bertz CT molecular complexity index is 1370. The Hall–Kier alpha value is -4.58. The van der Waals surface area contributed by atoms with E-state index in [9.17, 15) is 24.3 Å². The highest BCUT2D eigenvalue weighted by atomic mass is 35.5. The molecule has 3 amide bonds. The molecule has 1 aliphatic rings. The molecule has 1 aliphatic heterocycles. The summed E-state index contributed by atoms with van der Waals surface area (Å²) in [5.74, 6) is -1.71. The van der Waals surface area contributed by atoms with Crippen LogP contribution in [0.5, 0.6) is 0 Å². The van der Waals surface area contributed by atoms with Gasteiger partial charge in [0.05, 0.1) is 34.2 Å². The number of hydrogen-bond donors (Lipinski definition) is 3. The molecule has 3 aromatic rings. The van der Waals surface area contributed by atoms with Crippen LogP contribution in [-0.4, -0.2) is 74.8 Å². The van der Waals surface area contributed by atoms with E-state index in [0.29, 0.717) is 37.0 Å². The fraction of sp³-hybridized carbons (Fsp3) is 0.240. The summed E-state index contributed by atoms with van der Waals surface area (Å²) in [5, 5.41) is 14.9. The van der Waals surface area contributed by atoms with E-state index in [-0.39, 0.29) is 34.2 Å². The van der Waals surface area contributed by atoms with Crippen molar-refractivity contribution in [2.24, 2.45) is 0 Å². The minimum absolute atomic E-state index is 0.0178. The van der Waals surface area contributed by atoms with Crippen LogP contribution in [0.3, 0.4) is 0 Å². The standard InChI is InChI=1S/C25H24ClN7O5/c1-15(34)32-7-2-8-33(10-9-32)22-14-27-20(13-29-22)24(36)30-19-11-16(25(37)38)3-5-18(19)23(35)31-21-6-4-17(26)12-28-21/h3-6,11-14H,2,7-10H2,1H3,(H,30,36)(H,37,38)(H,28,31,35). The number of carbonyl (C=O) groups is 4. The van der Waals surface area contributed by atoms with E-state index in [1.54, 1.807) is 17.9 Å². The van der Waals surface area contributed by atoms with Crippen LogP contribution in [0.1, 0.15) is 44.5 Å². The molecule has 3 N–H and O–H groups in total. The largest absolute Gasteiger partial charge is 0.478 e. The number of carbonyl (C=O) groups excluding carboxylic acids is 3. The van der Waals surface area contributed by atoms with Crippen LogP contribution in [0.25, 0.3) is 0 Å². The fourth-order valence-electron chi connectivity index (χ4n) is 3.86. The van der Waals surface area contributed by atoms with Crippen molar-refractivity contribution >= 4 is 52.6 Å². The number of nitrogens with one attached hydrogen (secondary N) is 2. The number of rotatable bonds is 6. The summed E-state index contributed by atoms with van der Waals surface area (Å²) in [6.45, 7) is 4.04. The molecule has 0 aliphatic carbocycles. The fourth-order valence-corrected chi connectivity index (χ4v) is 3.97. The van der Waals surface area contributed by atoms with Crippen molar-refractivity contribution in [2.75, 3.05) is 41.7 Å².